The van der Waals surface area contributed by atoms with E-state index in [0.717, 1.165) is 59.4 Å². The Balaban J connectivity index is 1.41. The summed E-state index contributed by atoms with van der Waals surface area (Å²) in [6.07, 6.45) is 0. The average molecular weight is 949 g/mol. The van der Waals surface area contributed by atoms with Gasteiger partial charge in [0.25, 0.3) is 0 Å². The van der Waals surface area contributed by atoms with E-state index in [1.54, 1.807) is 70.6 Å². The molecule has 6 heterocycles. The van der Waals surface area contributed by atoms with Crippen molar-refractivity contribution in [1.82, 2.24) is 61.2 Å². The Morgan fingerprint density at radius 2 is 0.407 bits per heavy atom. The van der Waals surface area contributed by atoms with E-state index in [9.17, 15) is 0 Å². The van der Waals surface area contributed by atoms with Gasteiger partial charge in [-0.1, -0.05) is 139 Å². The molecule has 30 heteroatoms. The summed E-state index contributed by atoms with van der Waals surface area (Å²) in [5, 5.41) is 52.7. The van der Waals surface area contributed by atoms with Crippen LogP contribution in [0.5, 0.6) is 0 Å². The molecule has 0 saturated carbocycles. The average Bonchev–Trinajstić information content (AvgIpc) is 4.01. The second-order valence-electron chi connectivity index (χ2n) is 10.0. The van der Waals surface area contributed by atoms with E-state index in [4.69, 9.17) is 34.4 Å². The monoisotopic (exact) mass is 948 g/mol. The molecule has 18 nitrogen and oxygen atoms in total. The first-order chi connectivity index (χ1) is 26.2. The fourth-order valence-electron chi connectivity index (χ4n) is 4.61. The molecule has 0 aliphatic rings. The Bertz CT molecular complexity index is 1890. The predicted octanol–water partition coefficient (Wildman–Crippen LogP) is 6.04. The first kappa shape index (κ1) is 39.7. The van der Waals surface area contributed by atoms with Crippen molar-refractivity contribution in [3.05, 3.63) is 33.4 Å². The number of hydrogen-bond acceptors (Lipinski definition) is 30. The summed E-state index contributed by atoms with van der Waals surface area (Å²) in [5.74, 6) is 3.44. The Hall–Kier alpha value is -2.52. The normalized spacial score (nSPS) is 11.6. The number of hydrogen-bond donors (Lipinski definition) is 6. The third kappa shape index (κ3) is 10.5. The second-order valence-corrected chi connectivity index (χ2v) is 23.4. The molecule has 12 N–H and O–H groups in total. The van der Waals surface area contributed by atoms with E-state index in [-0.39, 0.29) is 0 Å². The van der Waals surface area contributed by atoms with Crippen LogP contribution < -0.4 is 34.4 Å². The summed E-state index contributed by atoms with van der Waals surface area (Å²) in [6.45, 7) is 0. The highest BCUT2D eigenvalue weighted by molar-refractivity contribution is 8.02. The molecule has 6 aromatic heterocycles. The van der Waals surface area contributed by atoms with Gasteiger partial charge in [-0.15, -0.1) is 61.2 Å². The molecule has 54 heavy (non-hydrogen) atoms. The standard InChI is InChI=1S/C24H24N18S12/c25-13-31-37-19(49-13)43-1-7-8(2-44-20-38-32-14(26)50-20)10(4-46-22-40-34-16(28)52-22)12(6-48-24-42-36-18(30)54-24)11(5-47-23-41-35-17(29)53-23)9(7)3-45-21-39-33-15(27)51-21/h1-6H2,(H2,25,31)(H2,26,32)(H2,27,33)(H2,28,34)(H2,29,35)(H2,30,36). The van der Waals surface area contributed by atoms with E-state index in [0.29, 0.717) is 65.3 Å². The molecule has 0 aliphatic carbocycles. The van der Waals surface area contributed by atoms with Crippen LogP contribution in [-0.4, -0.2) is 61.2 Å². The van der Waals surface area contributed by atoms with Crippen molar-refractivity contribution in [2.24, 2.45) is 0 Å². The van der Waals surface area contributed by atoms with E-state index < -0.39 is 0 Å². The van der Waals surface area contributed by atoms with Gasteiger partial charge in [0.1, 0.15) is 0 Å². The van der Waals surface area contributed by atoms with Gasteiger partial charge in [0.15, 0.2) is 26.0 Å². The Labute approximate surface area is 355 Å². The molecular weight excluding hydrogens is 925 g/mol. The number of rotatable bonds is 18. The minimum absolute atomic E-state index is 0.401. The number of thioether (sulfide) groups is 6. The second kappa shape index (κ2) is 18.6. The van der Waals surface area contributed by atoms with Crippen LogP contribution in [0.15, 0.2) is 26.0 Å². The highest BCUT2D eigenvalue weighted by Crippen LogP contribution is 2.45. The zero-order valence-corrected chi connectivity index (χ0v) is 36.8. The molecule has 7 rings (SSSR count). The molecule has 0 spiro atoms. The molecule has 0 amide bonds. The van der Waals surface area contributed by atoms with E-state index in [2.05, 4.69) is 61.2 Å². The first-order valence-electron chi connectivity index (χ1n) is 14.6. The quantitative estimate of drug-likeness (QED) is 0.0534. The first-order valence-corrected chi connectivity index (χ1v) is 25.5. The lowest BCUT2D eigenvalue weighted by atomic mass is 9.90. The number of aromatic nitrogens is 12. The molecule has 0 aliphatic heterocycles. The minimum Gasteiger partial charge on any atom is -0.374 e. The van der Waals surface area contributed by atoms with Gasteiger partial charge in [0.05, 0.1) is 0 Å². The lowest BCUT2D eigenvalue weighted by Gasteiger charge is -2.26. The Kier molecular flexibility index (Phi) is 13.7. The maximum atomic E-state index is 6.00. The fourth-order valence-corrected chi connectivity index (χ4v) is 15.0. The van der Waals surface area contributed by atoms with Crippen molar-refractivity contribution in [2.75, 3.05) is 34.4 Å². The topological polar surface area (TPSA) is 311 Å². The van der Waals surface area contributed by atoms with Crippen LogP contribution in [0.2, 0.25) is 0 Å². The third-order valence-electron chi connectivity index (χ3n) is 6.76. The number of anilines is 6. The van der Waals surface area contributed by atoms with Crippen molar-refractivity contribution in [2.45, 2.75) is 60.6 Å². The summed E-state index contributed by atoms with van der Waals surface area (Å²) in [4.78, 5) is 0. The largest absolute Gasteiger partial charge is 0.374 e. The molecule has 0 radical (unpaired) electrons. The molecule has 282 valence electrons. The SMILES string of the molecule is Nc1nnc(SCc2c(CSc3nnc(N)s3)c(CSc3nnc(N)s3)c(CSc3nnc(N)s3)c(CSc3nnc(N)s3)c2CSc2nnc(N)s2)s1. The predicted molar refractivity (Wildman–Crippen MR) is 230 cm³/mol. The van der Waals surface area contributed by atoms with Gasteiger partial charge in [0, 0.05) is 34.5 Å². The molecule has 7 aromatic rings. The summed E-state index contributed by atoms with van der Waals surface area (Å²) >= 11 is 17.5. The highest BCUT2D eigenvalue weighted by Gasteiger charge is 2.27. The van der Waals surface area contributed by atoms with Crippen molar-refractivity contribution < 1.29 is 0 Å². The molecule has 0 unspecified atom stereocenters. The number of benzene rings is 1. The zero-order valence-electron chi connectivity index (χ0n) is 27.0. The van der Waals surface area contributed by atoms with Gasteiger partial charge < -0.3 is 34.4 Å². The summed E-state index contributed by atoms with van der Waals surface area (Å²) in [5.41, 5.74) is 42.8. The van der Waals surface area contributed by atoms with E-state index >= 15 is 0 Å². The highest BCUT2D eigenvalue weighted by atomic mass is 32.2. The lowest BCUT2D eigenvalue weighted by molar-refractivity contribution is 1.00. The molecular formula is C24H24N18S12. The smallest absolute Gasteiger partial charge is 0.203 e. The maximum Gasteiger partial charge on any atom is 0.203 e. The molecule has 0 saturated heterocycles. The zero-order chi connectivity index (χ0) is 37.6. The number of nitrogen functional groups attached to an aromatic ring is 6. The van der Waals surface area contributed by atoms with Crippen molar-refractivity contribution in [1.29, 1.82) is 0 Å². The Morgan fingerprint density at radius 3 is 0.519 bits per heavy atom. The number of nitrogens with two attached hydrogens (primary N) is 6. The van der Waals surface area contributed by atoms with Crippen LogP contribution in [0.3, 0.4) is 0 Å². The van der Waals surface area contributed by atoms with Crippen molar-refractivity contribution in [3.63, 3.8) is 0 Å². The van der Waals surface area contributed by atoms with Crippen molar-refractivity contribution in [3.8, 4) is 0 Å². The number of nitrogens with zero attached hydrogens (tertiary/aromatic N) is 12. The molecule has 0 atom stereocenters. The van der Waals surface area contributed by atoms with Crippen LogP contribution in [-0.2, 0) is 34.5 Å². The molecule has 0 bridgehead atoms. The maximum absolute atomic E-state index is 6.00. The van der Waals surface area contributed by atoms with E-state index in [1.807, 2.05) is 0 Å². The van der Waals surface area contributed by atoms with Crippen LogP contribution in [0.1, 0.15) is 33.4 Å². The third-order valence-corrected chi connectivity index (χ3v) is 18.2. The molecule has 1 aromatic carbocycles. The van der Waals surface area contributed by atoms with Crippen LogP contribution in [0.4, 0.5) is 30.8 Å². The minimum atomic E-state index is 0.401. The van der Waals surface area contributed by atoms with Gasteiger partial charge >= 0.3 is 0 Å². The van der Waals surface area contributed by atoms with Gasteiger partial charge in [-0.3, -0.25) is 0 Å². The Morgan fingerprint density at radius 1 is 0.259 bits per heavy atom. The van der Waals surface area contributed by atoms with E-state index in [1.165, 1.54) is 68.0 Å². The van der Waals surface area contributed by atoms with Crippen LogP contribution in [0, 0.1) is 0 Å². The van der Waals surface area contributed by atoms with Gasteiger partial charge in [-0.05, 0) is 33.4 Å². The molecule has 0 fully saturated rings. The summed E-state index contributed by atoms with van der Waals surface area (Å²) in [6, 6.07) is 0. The lowest BCUT2D eigenvalue weighted by Crippen LogP contribution is -2.12. The fraction of sp³-hybridized carbons (Fsp3) is 0.250. The van der Waals surface area contributed by atoms with Gasteiger partial charge in [-0.25, -0.2) is 0 Å². The van der Waals surface area contributed by atoms with Crippen LogP contribution >= 0.6 is 139 Å². The van der Waals surface area contributed by atoms with Gasteiger partial charge in [0.2, 0.25) is 30.8 Å². The summed E-state index contributed by atoms with van der Waals surface area (Å²) in [7, 11) is 0. The van der Waals surface area contributed by atoms with Crippen molar-refractivity contribution >= 4 is 169 Å². The summed E-state index contributed by atoms with van der Waals surface area (Å²) < 4.78 is 4.54. The van der Waals surface area contributed by atoms with Crippen LogP contribution in [0.25, 0.3) is 0 Å². The van der Waals surface area contributed by atoms with Gasteiger partial charge in [-0.2, -0.15) is 0 Å².